The van der Waals surface area contributed by atoms with E-state index in [4.69, 9.17) is 4.74 Å². The van der Waals surface area contributed by atoms with Gasteiger partial charge in [-0.2, -0.15) is 0 Å². The predicted octanol–water partition coefficient (Wildman–Crippen LogP) is 3.47. The van der Waals surface area contributed by atoms with E-state index in [1.807, 2.05) is 13.0 Å². The van der Waals surface area contributed by atoms with Gasteiger partial charge in [-0.3, -0.25) is 9.59 Å². The molecule has 2 aromatic heterocycles. The summed E-state index contributed by atoms with van der Waals surface area (Å²) >= 11 is 1.48. The number of amides is 2. The molecule has 0 bridgehead atoms. The van der Waals surface area contributed by atoms with E-state index >= 15 is 0 Å². The molecule has 1 fully saturated rings. The van der Waals surface area contributed by atoms with Crippen LogP contribution in [0.25, 0.3) is 10.2 Å². The van der Waals surface area contributed by atoms with Gasteiger partial charge in [0, 0.05) is 38.2 Å². The first-order chi connectivity index (χ1) is 13.6. The normalized spacial score (nSPS) is 19.5. The first kappa shape index (κ1) is 20.7. The molecule has 2 amide bonds. The van der Waals surface area contributed by atoms with E-state index in [0.29, 0.717) is 31.4 Å². The van der Waals surface area contributed by atoms with Gasteiger partial charge >= 0.3 is 0 Å². The first-order valence-corrected chi connectivity index (χ1v) is 10.9. The van der Waals surface area contributed by atoms with Crippen molar-refractivity contribution in [2.24, 2.45) is 5.92 Å². The molecule has 0 unspecified atom stereocenters. The van der Waals surface area contributed by atoms with Gasteiger partial charge in [0.15, 0.2) is 0 Å². The molecule has 1 aliphatic carbocycles. The Morgan fingerprint density at radius 1 is 1.25 bits per heavy atom. The number of nitrogens with zero attached hydrogens (tertiary/aromatic N) is 1. The van der Waals surface area contributed by atoms with Crippen molar-refractivity contribution in [3.8, 4) is 0 Å². The Kier molecular flexibility index (Phi) is 7.39. The molecular weight excluding hydrogens is 374 g/mol. The number of methoxy groups -OCH3 is 1. The molecule has 0 radical (unpaired) electrons. The van der Waals surface area contributed by atoms with Crippen LogP contribution in [-0.4, -0.2) is 43.6 Å². The summed E-state index contributed by atoms with van der Waals surface area (Å²) in [6.07, 6.45) is 6.51. The van der Waals surface area contributed by atoms with Gasteiger partial charge < -0.3 is 15.4 Å². The van der Waals surface area contributed by atoms with E-state index in [1.54, 1.807) is 13.3 Å². The maximum absolute atomic E-state index is 12.8. The Hall–Kier alpha value is -1.99. The summed E-state index contributed by atoms with van der Waals surface area (Å²) in [5.41, 5.74) is 1.15. The molecule has 28 heavy (non-hydrogen) atoms. The molecule has 2 aromatic rings. The molecule has 0 atom stereocenters. The van der Waals surface area contributed by atoms with E-state index in [2.05, 4.69) is 21.7 Å². The van der Waals surface area contributed by atoms with Crippen molar-refractivity contribution in [1.29, 1.82) is 0 Å². The highest BCUT2D eigenvalue weighted by atomic mass is 32.1. The van der Waals surface area contributed by atoms with Gasteiger partial charge in [-0.15, -0.1) is 11.3 Å². The Morgan fingerprint density at radius 3 is 2.75 bits per heavy atom. The molecule has 0 aliphatic heterocycles. The van der Waals surface area contributed by atoms with Gasteiger partial charge in [0.25, 0.3) is 5.91 Å². The third-order valence-electron chi connectivity index (χ3n) is 5.47. The number of hydrogen-bond donors (Lipinski definition) is 2. The van der Waals surface area contributed by atoms with Gasteiger partial charge in [-0.25, -0.2) is 4.98 Å². The van der Waals surface area contributed by atoms with E-state index in [9.17, 15) is 9.59 Å². The van der Waals surface area contributed by atoms with Crippen LogP contribution in [0.3, 0.4) is 0 Å². The maximum atomic E-state index is 12.8. The third kappa shape index (κ3) is 4.89. The molecule has 7 heteroatoms. The first-order valence-electron chi connectivity index (χ1n) is 10.0. The van der Waals surface area contributed by atoms with Crippen LogP contribution < -0.4 is 10.6 Å². The number of rotatable bonds is 8. The molecule has 1 saturated carbocycles. The number of thiophene rings is 1. The fourth-order valence-corrected chi connectivity index (χ4v) is 5.06. The molecule has 152 valence electrons. The van der Waals surface area contributed by atoms with Crippen molar-refractivity contribution < 1.29 is 14.3 Å². The number of nitrogens with one attached hydrogen (secondary N) is 2. The van der Waals surface area contributed by atoms with Crippen LogP contribution in [0.1, 0.15) is 60.2 Å². The summed E-state index contributed by atoms with van der Waals surface area (Å²) in [7, 11) is 1.63. The zero-order chi connectivity index (χ0) is 19.9. The van der Waals surface area contributed by atoms with Crippen molar-refractivity contribution in [3.63, 3.8) is 0 Å². The minimum Gasteiger partial charge on any atom is -0.383 e. The second-order valence-corrected chi connectivity index (χ2v) is 8.32. The summed E-state index contributed by atoms with van der Waals surface area (Å²) in [4.78, 5) is 30.5. The molecule has 0 spiro atoms. The van der Waals surface area contributed by atoms with Crippen LogP contribution in [0.15, 0.2) is 18.3 Å². The summed E-state index contributed by atoms with van der Waals surface area (Å²) in [6, 6.07) is 4.02. The molecule has 6 nitrogen and oxygen atoms in total. The fraction of sp³-hybridized carbons (Fsp3) is 0.571. The van der Waals surface area contributed by atoms with Crippen LogP contribution in [0.2, 0.25) is 0 Å². The summed E-state index contributed by atoms with van der Waals surface area (Å²) in [6.45, 7) is 3.63. The molecule has 2 heterocycles. The molecular formula is C21H29N3O3S. The number of hydrogen-bond acceptors (Lipinski definition) is 5. The van der Waals surface area contributed by atoms with Crippen molar-refractivity contribution in [2.75, 3.05) is 26.8 Å². The standard InChI is InChI=1S/C21H29N3O3S/c1-3-17(25)24-13-14-6-8-15(9-7-14)18-16-5-4-10-23-21(16)28-19(18)20(26)22-11-12-27-2/h4-5,10,14-15H,3,6-9,11-13H2,1-2H3,(H,22,26)(H,24,25). The van der Waals surface area contributed by atoms with E-state index in [0.717, 1.165) is 52.9 Å². The average molecular weight is 404 g/mol. The minimum absolute atomic E-state index is 0.0348. The lowest BCUT2D eigenvalue weighted by Crippen LogP contribution is -2.31. The van der Waals surface area contributed by atoms with Crippen LogP contribution in [-0.2, 0) is 9.53 Å². The number of aromatic nitrogens is 1. The van der Waals surface area contributed by atoms with Gasteiger partial charge in [-0.05, 0) is 49.1 Å². The van der Waals surface area contributed by atoms with Crippen LogP contribution in [0, 0.1) is 5.92 Å². The summed E-state index contributed by atoms with van der Waals surface area (Å²) < 4.78 is 5.04. The van der Waals surface area contributed by atoms with E-state index in [1.165, 1.54) is 11.3 Å². The van der Waals surface area contributed by atoms with Crippen LogP contribution in [0.5, 0.6) is 0 Å². The van der Waals surface area contributed by atoms with Crippen molar-refractivity contribution in [2.45, 2.75) is 44.9 Å². The molecule has 0 saturated heterocycles. The predicted molar refractivity (Wildman–Crippen MR) is 112 cm³/mol. The number of pyridine rings is 1. The largest absolute Gasteiger partial charge is 0.383 e. The second kappa shape index (κ2) is 9.98. The topological polar surface area (TPSA) is 80.3 Å². The lowest BCUT2D eigenvalue weighted by atomic mass is 9.78. The van der Waals surface area contributed by atoms with Gasteiger partial charge in [-0.1, -0.05) is 13.0 Å². The van der Waals surface area contributed by atoms with E-state index in [-0.39, 0.29) is 11.8 Å². The Balaban J connectivity index is 1.74. The maximum Gasteiger partial charge on any atom is 0.261 e. The van der Waals surface area contributed by atoms with Gasteiger partial charge in [0.1, 0.15) is 4.83 Å². The van der Waals surface area contributed by atoms with Crippen LogP contribution >= 0.6 is 11.3 Å². The van der Waals surface area contributed by atoms with Gasteiger partial charge in [0.2, 0.25) is 5.91 Å². The smallest absolute Gasteiger partial charge is 0.261 e. The summed E-state index contributed by atoms with van der Waals surface area (Å²) in [5.74, 6) is 0.965. The second-order valence-electron chi connectivity index (χ2n) is 7.32. The van der Waals surface area contributed by atoms with Crippen LogP contribution in [0.4, 0.5) is 0 Å². The quantitative estimate of drug-likeness (QED) is 0.662. The van der Waals surface area contributed by atoms with E-state index < -0.39 is 0 Å². The minimum atomic E-state index is -0.0348. The highest BCUT2D eigenvalue weighted by molar-refractivity contribution is 7.20. The molecule has 3 rings (SSSR count). The number of carbonyl (C=O) groups is 2. The SMILES string of the molecule is CCC(=O)NCC1CCC(c2c(C(=O)NCCOC)sc3ncccc23)CC1. The molecule has 0 aromatic carbocycles. The number of ether oxygens (including phenoxy) is 1. The Labute approximate surface area is 170 Å². The molecule has 2 N–H and O–H groups in total. The average Bonchev–Trinajstić information content (AvgIpc) is 3.12. The van der Waals surface area contributed by atoms with Gasteiger partial charge in [0.05, 0.1) is 11.5 Å². The highest BCUT2D eigenvalue weighted by Gasteiger charge is 2.29. The molecule has 1 aliphatic rings. The Bertz CT molecular complexity index is 812. The van der Waals surface area contributed by atoms with Crippen molar-refractivity contribution >= 4 is 33.4 Å². The van der Waals surface area contributed by atoms with Crippen molar-refractivity contribution in [3.05, 3.63) is 28.8 Å². The highest BCUT2D eigenvalue weighted by Crippen LogP contribution is 2.43. The zero-order valence-corrected chi connectivity index (χ0v) is 17.4. The number of carbonyl (C=O) groups excluding carboxylic acids is 2. The van der Waals surface area contributed by atoms with Crippen molar-refractivity contribution in [1.82, 2.24) is 15.6 Å². The lowest BCUT2D eigenvalue weighted by molar-refractivity contribution is -0.121. The number of fused-ring (bicyclic) bond motifs is 1. The summed E-state index contributed by atoms with van der Waals surface area (Å²) in [5, 5.41) is 7.08. The zero-order valence-electron chi connectivity index (χ0n) is 16.6. The lowest BCUT2D eigenvalue weighted by Gasteiger charge is -2.29. The fourth-order valence-electron chi connectivity index (χ4n) is 3.91. The third-order valence-corrected chi connectivity index (χ3v) is 6.59. The Morgan fingerprint density at radius 2 is 2.04 bits per heavy atom. The monoisotopic (exact) mass is 403 g/mol.